The van der Waals surface area contributed by atoms with Crippen molar-refractivity contribution in [2.24, 2.45) is 18.7 Å². The maximum absolute atomic E-state index is 13.3. The normalized spacial score (nSPS) is 19.3. The van der Waals surface area contributed by atoms with Gasteiger partial charge in [-0.2, -0.15) is 0 Å². The fourth-order valence-corrected chi connectivity index (χ4v) is 3.38. The van der Waals surface area contributed by atoms with E-state index in [4.69, 9.17) is 5.73 Å². The van der Waals surface area contributed by atoms with Crippen LogP contribution in [-0.2, 0) is 18.3 Å². The van der Waals surface area contributed by atoms with E-state index in [-0.39, 0.29) is 42.6 Å². The number of hydrogen-bond donors (Lipinski definition) is 2. The second kappa shape index (κ2) is 9.36. The topological polar surface area (TPSA) is 72.9 Å². The number of aryl methyl sites for hydroxylation is 1. The van der Waals surface area contributed by atoms with Gasteiger partial charge in [0.25, 0.3) is 0 Å². The summed E-state index contributed by atoms with van der Waals surface area (Å²) in [7, 11) is 1.86. The van der Waals surface area contributed by atoms with E-state index in [9.17, 15) is 9.18 Å². The number of benzene rings is 1. The van der Waals surface area contributed by atoms with Gasteiger partial charge in [-0.3, -0.25) is 4.79 Å². The van der Waals surface area contributed by atoms with E-state index in [0.717, 1.165) is 36.1 Å². The molecule has 1 aliphatic rings. The van der Waals surface area contributed by atoms with Gasteiger partial charge in [0.15, 0.2) is 0 Å². The molecule has 0 saturated heterocycles. The van der Waals surface area contributed by atoms with E-state index in [2.05, 4.69) is 10.3 Å². The zero-order valence-corrected chi connectivity index (χ0v) is 15.8. The van der Waals surface area contributed by atoms with Gasteiger partial charge in [-0.25, -0.2) is 9.37 Å². The summed E-state index contributed by atoms with van der Waals surface area (Å²) in [5, 5.41) is 2.94. The molecule has 25 heavy (non-hydrogen) atoms. The third kappa shape index (κ3) is 5.06. The Kier molecular flexibility index (Phi) is 8.12. The molecule has 1 aromatic carbocycles. The number of halogens is 3. The Morgan fingerprint density at radius 3 is 2.84 bits per heavy atom. The van der Waals surface area contributed by atoms with E-state index in [1.54, 1.807) is 6.07 Å². The Bertz CT molecular complexity index is 722. The predicted molar refractivity (Wildman–Crippen MR) is 102 cm³/mol. The number of carbonyl (C=O) groups is 1. The third-order valence-corrected chi connectivity index (χ3v) is 4.77. The smallest absolute Gasteiger partial charge is 0.220 e. The van der Waals surface area contributed by atoms with E-state index in [1.165, 1.54) is 12.1 Å². The van der Waals surface area contributed by atoms with Crippen molar-refractivity contribution in [2.45, 2.75) is 38.1 Å². The van der Waals surface area contributed by atoms with Crippen LogP contribution in [0.2, 0.25) is 0 Å². The Labute approximate surface area is 159 Å². The van der Waals surface area contributed by atoms with Crippen LogP contribution in [0, 0.1) is 11.7 Å². The zero-order chi connectivity index (χ0) is 16.4. The Hall–Kier alpha value is -1.37. The van der Waals surface area contributed by atoms with Crippen LogP contribution in [0.25, 0.3) is 11.0 Å². The number of imidazole rings is 1. The summed E-state index contributed by atoms with van der Waals surface area (Å²) in [6, 6.07) is 4.72. The predicted octanol–water partition coefficient (Wildman–Crippen LogP) is 2.73. The van der Waals surface area contributed by atoms with Crippen molar-refractivity contribution in [1.82, 2.24) is 14.9 Å². The second-order valence-corrected chi connectivity index (χ2v) is 6.38. The largest absolute Gasteiger partial charge is 0.356 e. The average molecular weight is 391 g/mol. The number of rotatable bonds is 5. The number of nitrogens with one attached hydrogen (secondary N) is 1. The van der Waals surface area contributed by atoms with Crippen LogP contribution in [0.3, 0.4) is 0 Å². The minimum absolute atomic E-state index is 0. The van der Waals surface area contributed by atoms with Gasteiger partial charge in [-0.05, 0) is 37.0 Å². The summed E-state index contributed by atoms with van der Waals surface area (Å²) in [6.45, 7) is 0.528. The number of nitrogens with zero attached hydrogens (tertiary/aromatic N) is 2. The SMILES string of the molecule is Cl.Cl.Cn1c(CCNC(=O)C[C@@H]2CCC[C@H]2N)nc2ccc(F)cc21. The molecule has 1 amide bonds. The van der Waals surface area contributed by atoms with Gasteiger partial charge in [0, 0.05) is 32.5 Å². The number of carbonyl (C=O) groups excluding carboxylic acids is 1. The molecule has 3 N–H and O–H groups in total. The van der Waals surface area contributed by atoms with Crippen molar-refractivity contribution in [3.63, 3.8) is 0 Å². The van der Waals surface area contributed by atoms with Crippen molar-refractivity contribution in [3.05, 3.63) is 29.8 Å². The van der Waals surface area contributed by atoms with Crippen molar-refractivity contribution in [3.8, 4) is 0 Å². The molecule has 140 valence electrons. The fraction of sp³-hybridized carbons (Fsp3) is 0.529. The summed E-state index contributed by atoms with van der Waals surface area (Å²) in [4.78, 5) is 16.5. The lowest BCUT2D eigenvalue weighted by atomic mass is 10.00. The summed E-state index contributed by atoms with van der Waals surface area (Å²) in [5.74, 6) is 0.933. The molecule has 0 aliphatic heterocycles. The molecule has 1 heterocycles. The lowest BCUT2D eigenvalue weighted by molar-refractivity contribution is -0.122. The maximum Gasteiger partial charge on any atom is 0.220 e. The van der Waals surface area contributed by atoms with Gasteiger partial charge in [-0.1, -0.05) is 6.42 Å². The monoisotopic (exact) mass is 390 g/mol. The molecule has 0 unspecified atom stereocenters. The van der Waals surface area contributed by atoms with Gasteiger partial charge in [0.05, 0.1) is 11.0 Å². The van der Waals surface area contributed by atoms with Gasteiger partial charge in [-0.15, -0.1) is 24.8 Å². The Balaban J connectivity index is 0.00000156. The molecular weight excluding hydrogens is 366 g/mol. The molecule has 2 aromatic rings. The lowest BCUT2D eigenvalue weighted by Gasteiger charge is -2.14. The van der Waals surface area contributed by atoms with Gasteiger partial charge in [0.1, 0.15) is 11.6 Å². The number of fused-ring (bicyclic) bond motifs is 1. The Morgan fingerprint density at radius 1 is 1.40 bits per heavy atom. The molecule has 0 spiro atoms. The van der Waals surface area contributed by atoms with Crippen LogP contribution in [0.4, 0.5) is 4.39 Å². The molecule has 1 aromatic heterocycles. The van der Waals surface area contributed by atoms with E-state index in [1.807, 2.05) is 11.6 Å². The quantitative estimate of drug-likeness (QED) is 0.823. The van der Waals surface area contributed by atoms with Crippen LogP contribution in [-0.4, -0.2) is 28.0 Å². The van der Waals surface area contributed by atoms with Crippen molar-refractivity contribution >= 4 is 41.8 Å². The highest BCUT2D eigenvalue weighted by Crippen LogP contribution is 2.26. The molecule has 2 atom stereocenters. The van der Waals surface area contributed by atoms with Crippen molar-refractivity contribution in [2.75, 3.05) is 6.54 Å². The fourth-order valence-electron chi connectivity index (χ4n) is 3.38. The molecule has 0 bridgehead atoms. The third-order valence-electron chi connectivity index (χ3n) is 4.77. The number of hydrogen-bond acceptors (Lipinski definition) is 3. The highest BCUT2D eigenvalue weighted by atomic mass is 35.5. The Morgan fingerprint density at radius 2 is 2.16 bits per heavy atom. The molecule has 5 nitrogen and oxygen atoms in total. The summed E-state index contributed by atoms with van der Waals surface area (Å²) in [6.07, 6.45) is 4.32. The van der Waals surface area contributed by atoms with Gasteiger partial charge in [0.2, 0.25) is 5.91 Å². The number of amides is 1. The van der Waals surface area contributed by atoms with Crippen LogP contribution in [0.1, 0.15) is 31.5 Å². The summed E-state index contributed by atoms with van der Waals surface area (Å²) in [5.41, 5.74) is 7.54. The van der Waals surface area contributed by atoms with Gasteiger partial charge < -0.3 is 15.6 Å². The van der Waals surface area contributed by atoms with Crippen LogP contribution < -0.4 is 11.1 Å². The number of nitrogens with two attached hydrogens (primary N) is 1. The standard InChI is InChI=1S/C17H23FN4O.2ClH/c1-22-15-10-12(18)5-6-14(15)21-16(22)7-8-20-17(23)9-11-3-2-4-13(11)19;;/h5-6,10-11,13H,2-4,7-9,19H2,1H3,(H,20,23);2*1H/t11-,13+;;/m0../s1. The zero-order valence-electron chi connectivity index (χ0n) is 14.2. The minimum atomic E-state index is -0.270. The van der Waals surface area contributed by atoms with Crippen LogP contribution in [0.5, 0.6) is 0 Å². The van der Waals surface area contributed by atoms with Crippen LogP contribution >= 0.6 is 24.8 Å². The first-order valence-corrected chi connectivity index (χ1v) is 8.17. The summed E-state index contributed by atoms with van der Waals surface area (Å²) < 4.78 is 15.2. The first-order chi connectivity index (χ1) is 11.0. The molecule has 3 rings (SSSR count). The summed E-state index contributed by atoms with van der Waals surface area (Å²) >= 11 is 0. The molecule has 1 saturated carbocycles. The van der Waals surface area contributed by atoms with Crippen molar-refractivity contribution < 1.29 is 9.18 Å². The molecule has 8 heteroatoms. The molecule has 0 radical (unpaired) electrons. The van der Waals surface area contributed by atoms with Crippen LogP contribution in [0.15, 0.2) is 18.2 Å². The molecule has 1 fully saturated rings. The van der Waals surface area contributed by atoms with Gasteiger partial charge >= 0.3 is 0 Å². The second-order valence-electron chi connectivity index (χ2n) is 6.38. The first-order valence-electron chi connectivity index (χ1n) is 8.17. The molecule has 1 aliphatic carbocycles. The van der Waals surface area contributed by atoms with E-state index < -0.39 is 0 Å². The van der Waals surface area contributed by atoms with E-state index in [0.29, 0.717) is 25.3 Å². The minimum Gasteiger partial charge on any atom is -0.356 e. The maximum atomic E-state index is 13.3. The molecular formula is C17H25Cl2FN4O. The van der Waals surface area contributed by atoms with E-state index >= 15 is 0 Å². The average Bonchev–Trinajstić information content (AvgIpc) is 3.04. The lowest BCUT2D eigenvalue weighted by Crippen LogP contribution is -2.32. The number of aromatic nitrogens is 2. The first kappa shape index (κ1) is 21.7. The highest BCUT2D eigenvalue weighted by molar-refractivity contribution is 5.85. The van der Waals surface area contributed by atoms with Crippen molar-refractivity contribution in [1.29, 1.82) is 0 Å². The highest BCUT2D eigenvalue weighted by Gasteiger charge is 2.25.